The molecule has 0 saturated carbocycles. The smallest absolute Gasteiger partial charge is 0.341 e. The third-order valence-electron chi connectivity index (χ3n) is 7.11. The van der Waals surface area contributed by atoms with E-state index >= 15 is 0 Å². The first kappa shape index (κ1) is 27.1. The molecule has 0 spiro atoms. The van der Waals surface area contributed by atoms with Gasteiger partial charge in [-0.2, -0.15) is 8.78 Å². The van der Waals surface area contributed by atoms with Crippen molar-refractivity contribution in [3.05, 3.63) is 81.0 Å². The summed E-state index contributed by atoms with van der Waals surface area (Å²) in [6, 6.07) is 7.77. The number of aliphatic carboxylic acids is 1. The highest BCUT2D eigenvalue weighted by atomic mass is 35.5. The van der Waals surface area contributed by atoms with E-state index in [1.54, 1.807) is 24.6 Å². The summed E-state index contributed by atoms with van der Waals surface area (Å²) in [5, 5.41) is 10.3. The van der Waals surface area contributed by atoms with Crippen LogP contribution in [0.3, 0.4) is 0 Å². The number of benzene rings is 2. The quantitative estimate of drug-likeness (QED) is 0.346. The molecule has 3 aromatic rings. The number of carbonyl (C=O) groups excluding carboxylic acids is 1. The van der Waals surface area contributed by atoms with Gasteiger partial charge < -0.3 is 14.6 Å². The van der Waals surface area contributed by atoms with Gasteiger partial charge in [0.25, 0.3) is 11.8 Å². The summed E-state index contributed by atoms with van der Waals surface area (Å²) < 4.78 is 44.8. The molecule has 196 valence electrons. The normalized spacial score (nSPS) is 15.7. The lowest BCUT2D eigenvalue weighted by atomic mass is 9.93. The van der Waals surface area contributed by atoms with E-state index in [9.17, 15) is 22.8 Å². The maximum absolute atomic E-state index is 14.4. The van der Waals surface area contributed by atoms with Crippen LogP contribution in [0.1, 0.15) is 45.6 Å². The van der Waals surface area contributed by atoms with Crippen LogP contribution in [0.5, 0.6) is 0 Å². The fraction of sp³-hybridized carbons (Fsp3) is 0.333. The van der Waals surface area contributed by atoms with Gasteiger partial charge in [0.1, 0.15) is 0 Å². The molecule has 0 radical (unpaired) electrons. The maximum atomic E-state index is 14.4. The Kier molecular flexibility index (Phi) is 7.12. The van der Waals surface area contributed by atoms with Gasteiger partial charge in [0.2, 0.25) is 5.67 Å². The van der Waals surface area contributed by atoms with Crippen molar-refractivity contribution in [2.24, 2.45) is 7.05 Å². The van der Waals surface area contributed by atoms with Crippen LogP contribution in [-0.4, -0.2) is 45.2 Å². The minimum atomic E-state index is -3.18. The number of amides is 1. The Hall–Kier alpha value is -2.97. The van der Waals surface area contributed by atoms with E-state index in [-0.39, 0.29) is 48.5 Å². The molecule has 0 aliphatic carbocycles. The molecular formula is C27H25Cl2F3N2O3. The van der Waals surface area contributed by atoms with E-state index in [0.717, 1.165) is 11.1 Å². The van der Waals surface area contributed by atoms with Crippen molar-refractivity contribution in [3.63, 3.8) is 0 Å². The molecule has 1 N–H and O–H groups in total. The lowest BCUT2D eigenvalue weighted by molar-refractivity contribution is -0.153. The number of carboxylic acids is 1. The van der Waals surface area contributed by atoms with Crippen LogP contribution in [0.4, 0.5) is 13.2 Å². The third-order valence-corrected chi connectivity index (χ3v) is 7.90. The molecule has 1 fully saturated rings. The van der Waals surface area contributed by atoms with Crippen molar-refractivity contribution in [2.75, 3.05) is 13.1 Å². The van der Waals surface area contributed by atoms with Crippen molar-refractivity contribution in [1.29, 1.82) is 0 Å². The van der Waals surface area contributed by atoms with Crippen LogP contribution < -0.4 is 0 Å². The van der Waals surface area contributed by atoms with Crippen LogP contribution in [0.25, 0.3) is 10.9 Å². The fourth-order valence-electron chi connectivity index (χ4n) is 4.70. The first-order chi connectivity index (χ1) is 17.3. The molecular weight excluding hydrogens is 528 g/mol. The number of carboxylic acid groups (broad SMARTS) is 1. The van der Waals surface area contributed by atoms with Crippen LogP contribution in [-0.2, 0) is 24.2 Å². The van der Waals surface area contributed by atoms with Crippen LogP contribution in [0, 0.1) is 6.92 Å². The number of hydrogen-bond acceptors (Lipinski definition) is 2. The maximum Gasteiger partial charge on any atom is 0.341 e. The number of piperidine rings is 1. The number of alkyl halides is 3. The molecule has 1 aliphatic rings. The van der Waals surface area contributed by atoms with Crippen molar-refractivity contribution in [1.82, 2.24) is 9.47 Å². The monoisotopic (exact) mass is 552 g/mol. The number of carbonyl (C=O) groups is 2. The minimum Gasteiger partial charge on any atom is -0.479 e. The second kappa shape index (κ2) is 9.72. The molecule has 1 saturated heterocycles. The highest BCUT2D eigenvalue weighted by molar-refractivity contribution is 6.38. The van der Waals surface area contributed by atoms with Gasteiger partial charge in [-0.05, 0) is 54.5 Å². The average molecular weight is 553 g/mol. The number of halogens is 5. The van der Waals surface area contributed by atoms with Crippen molar-refractivity contribution < 1.29 is 27.9 Å². The zero-order chi connectivity index (χ0) is 27.3. The fourth-order valence-corrected chi connectivity index (χ4v) is 5.28. The summed E-state index contributed by atoms with van der Waals surface area (Å²) in [6.45, 7) is 4.86. The second-order valence-corrected chi connectivity index (χ2v) is 10.2. The summed E-state index contributed by atoms with van der Waals surface area (Å²) in [5.41, 5.74) is 0.161. The first-order valence-electron chi connectivity index (χ1n) is 11.6. The summed E-state index contributed by atoms with van der Waals surface area (Å²) >= 11 is 13.1. The standard InChI is InChI=1S/C27H25Cl2F3N2O3/c1-4-27(31,32)16-11-15(2)19-13-17(33(3)22(19)12-16)14-20-21(28)6-5-18(23(20)29)24(35)34-9-7-26(30,8-10-34)25(36)37/h4-6,11-13H,1,7-10,14H2,2-3H3,(H,36,37). The lowest BCUT2D eigenvalue weighted by Crippen LogP contribution is -2.48. The van der Waals surface area contributed by atoms with E-state index in [2.05, 4.69) is 6.58 Å². The molecule has 1 aliphatic heterocycles. The summed E-state index contributed by atoms with van der Waals surface area (Å²) in [6.07, 6.45) is 0.211. The molecule has 2 heterocycles. The van der Waals surface area contributed by atoms with Gasteiger partial charge in [-0.3, -0.25) is 4.79 Å². The van der Waals surface area contributed by atoms with E-state index in [1.807, 2.05) is 6.07 Å². The molecule has 0 bridgehead atoms. The van der Waals surface area contributed by atoms with Crippen molar-refractivity contribution >= 4 is 46.0 Å². The number of aryl methyl sites for hydroxylation is 2. The largest absolute Gasteiger partial charge is 0.479 e. The van der Waals surface area contributed by atoms with Crippen LogP contribution >= 0.6 is 23.2 Å². The van der Waals surface area contributed by atoms with Gasteiger partial charge in [-0.25, -0.2) is 9.18 Å². The summed E-state index contributed by atoms with van der Waals surface area (Å²) in [4.78, 5) is 25.7. The number of fused-ring (bicyclic) bond motifs is 1. The SMILES string of the molecule is C=CC(F)(F)c1cc(C)c2cc(Cc3c(Cl)ccc(C(=O)N4CCC(F)(C(=O)O)CC4)c3Cl)n(C)c2c1. The minimum absolute atomic E-state index is 0.0594. The van der Waals surface area contributed by atoms with E-state index in [4.69, 9.17) is 28.3 Å². The lowest BCUT2D eigenvalue weighted by Gasteiger charge is -2.34. The Bertz CT molecular complexity index is 1430. The Labute approximate surface area is 222 Å². The van der Waals surface area contributed by atoms with Crippen LogP contribution in [0.15, 0.2) is 43.0 Å². The number of rotatable bonds is 6. The Balaban J connectivity index is 1.66. The highest BCUT2D eigenvalue weighted by Gasteiger charge is 2.43. The second-order valence-electron chi connectivity index (χ2n) is 9.37. The average Bonchev–Trinajstić information content (AvgIpc) is 3.17. The number of allylic oxidation sites excluding steroid dienone is 1. The van der Waals surface area contributed by atoms with Crippen molar-refractivity contribution in [3.8, 4) is 0 Å². The zero-order valence-corrected chi connectivity index (χ0v) is 21.8. The van der Waals surface area contributed by atoms with E-state index in [1.165, 1.54) is 23.1 Å². The molecule has 1 amide bonds. The van der Waals surface area contributed by atoms with Crippen LogP contribution in [0.2, 0.25) is 10.0 Å². The van der Waals surface area contributed by atoms with Gasteiger partial charge >= 0.3 is 5.97 Å². The van der Waals surface area contributed by atoms with Gasteiger partial charge in [0.05, 0.1) is 10.6 Å². The predicted molar refractivity (Wildman–Crippen MR) is 138 cm³/mol. The zero-order valence-electron chi connectivity index (χ0n) is 20.3. The number of aromatic nitrogens is 1. The van der Waals surface area contributed by atoms with Crippen molar-refractivity contribution in [2.45, 2.75) is 37.8 Å². The van der Waals surface area contributed by atoms with Gasteiger partial charge in [0, 0.05) is 66.6 Å². The van der Waals surface area contributed by atoms with Gasteiger partial charge in [-0.1, -0.05) is 29.8 Å². The number of nitrogens with zero attached hydrogens (tertiary/aromatic N) is 2. The molecule has 0 atom stereocenters. The Morgan fingerprint density at radius 2 is 1.84 bits per heavy atom. The van der Waals surface area contributed by atoms with Gasteiger partial charge in [-0.15, -0.1) is 0 Å². The summed E-state index contributed by atoms with van der Waals surface area (Å²) in [7, 11) is 1.75. The molecule has 2 aromatic carbocycles. The third kappa shape index (κ3) is 4.84. The molecule has 5 nitrogen and oxygen atoms in total. The first-order valence-corrected chi connectivity index (χ1v) is 12.3. The van der Waals surface area contributed by atoms with E-state index < -0.39 is 23.5 Å². The van der Waals surface area contributed by atoms with Gasteiger partial charge in [0.15, 0.2) is 0 Å². The highest BCUT2D eigenvalue weighted by Crippen LogP contribution is 2.37. The Morgan fingerprint density at radius 3 is 2.43 bits per heavy atom. The topological polar surface area (TPSA) is 62.5 Å². The molecule has 1 aromatic heterocycles. The molecule has 4 rings (SSSR count). The molecule has 10 heteroatoms. The molecule has 0 unspecified atom stereocenters. The Morgan fingerprint density at radius 1 is 1.19 bits per heavy atom. The number of hydrogen-bond donors (Lipinski definition) is 1. The summed E-state index contributed by atoms with van der Waals surface area (Å²) in [5.74, 6) is -5.15. The molecule has 37 heavy (non-hydrogen) atoms. The number of likely N-dealkylation sites (tertiary alicyclic amines) is 1. The van der Waals surface area contributed by atoms with E-state index in [0.29, 0.717) is 27.7 Å². The predicted octanol–water partition coefficient (Wildman–Crippen LogP) is 6.69.